The monoisotopic (exact) mass is 247 g/mol. The molecule has 0 spiro atoms. The first-order valence-corrected chi connectivity index (χ1v) is 6.04. The third kappa shape index (κ3) is 3.30. The van der Waals surface area contributed by atoms with E-state index in [-0.39, 0.29) is 5.91 Å². The maximum Gasteiger partial charge on any atom is 0.321 e. The number of carbonyl (C=O) groups excluding carboxylic acids is 2. The van der Waals surface area contributed by atoms with E-state index in [1.807, 2.05) is 30.3 Å². The van der Waals surface area contributed by atoms with Crippen molar-refractivity contribution in [3.8, 4) is 0 Å². The van der Waals surface area contributed by atoms with E-state index in [4.69, 9.17) is 0 Å². The largest absolute Gasteiger partial charge is 0.341 e. The molecule has 0 heterocycles. The molecular formula is C13H17N3O2. The fourth-order valence-corrected chi connectivity index (χ4v) is 1.70. The van der Waals surface area contributed by atoms with E-state index in [9.17, 15) is 9.59 Å². The molecule has 3 amide bonds. The van der Waals surface area contributed by atoms with Gasteiger partial charge in [0, 0.05) is 13.1 Å². The summed E-state index contributed by atoms with van der Waals surface area (Å²) in [7, 11) is 1.48. The number of rotatable bonds is 4. The number of nitrogens with one attached hydrogen (secondary N) is 3. The lowest BCUT2D eigenvalue weighted by Crippen LogP contribution is -2.44. The van der Waals surface area contributed by atoms with Crippen molar-refractivity contribution in [3.05, 3.63) is 35.9 Å². The van der Waals surface area contributed by atoms with Crippen LogP contribution in [0.2, 0.25) is 0 Å². The Hall–Kier alpha value is -1.88. The van der Waals surface area contributed by atoms with Gasteiger partial charge in [-0.15, -0.1) is 0 Å². The third-order valence-corrected chi connectivity index (χ3v) is 2.84. The highest BCUT2D eigenvalue weighted by Gasteiger charge is 2.29. The Bertz CT molecular complexity index is 429. The fraction of sp³-hybridized carbons (Fsp3) is 0.385. The van der Waals surface area contributed by atoms with Gasteiger partial charge in [-0.25, -0.2) is 4.79 Å². The van der Waals surface area contributed by atoms with Crippen LogP contribution in [0.5, 0.6) is 0 Å². The number of benzene rings is 1. The molecule has 0 unspecified atom stereocenters. The number of carbonyl (C=O) groups is 2. The van der Waals surface area contributed by atoms with Gasteiger partial charge in [-0.05, 0) is 18.4 Å². The Balaban J connectivity index is 2.09. The summed E-state index contributed by atoms with van der Waals surface area (Å²) in [6.07, 6.45) is 2.16. The van der Waals surface area contributed by atoms with E-state index < -0.39 is 12.1 Å². The number of amides is 3. The van der Waals surface area contributed by atoms with E-state index >= 15 is 0 Å². The Morgan fingerprint density at radius 3 is 2.44 bits per heavy atom. The highest BCUT2D eigenvalue weighted by molar-refractivity contribution is 5.97. The van der Waals surface area contributed by atoms with Gasteiger partial charge in [-0.3, -0.25) is 15.4 Å². The quantitative estimate of drug-likeness (QED) is 0.741. The van der Waals surface area contributed by atoms with Gasteiger partial charge in [0.05, 0.1) is 0 Å². The predicted molar refractivity (Wildman–Crippen MR) is 67.9 cm³/mol. The van der Waals surface area contributed by atoms with Crippen LogP contribution in [0.25, 0.3) is 0 Å². The minimum atomic E-state index is -0.487. The molecule has 18 heavy (non-hydrogen) atoms. The molecule has 0 saturated heterocycles. The van der Waals surface area contributed by atoms with Crippen LogP contribution in [-0.4, -0.2) is 25.0 Å². The summed E-state index contributed by atoms with van der Waals surface area (Å²) >= 11 is 0. The van der Waals surface area contributed by atoms with Crippen molar-refractivity contribution in [2.75, 3.05) is 7.05 Å². The van der Waals surface area contributed by atoms with E-state index in [1.165, 1.54) is 7.05 Å². The maximum absolute atomic E-state index is 12.0. The lowest BCUT2D eigenvalue weighted by molar-refractivity contribution is -0.122. The average molecular weight is 247 g/mol. The second-order valence-electron chi connectivity index (χ2n) is 4.35. The number of urea groups is 1. The minimum absolute atomic E-state index is 0.326. The predicted octanol–water partition coefficient (Wildman–Crippen LogP) is 0.935. The molecule has 1 aromatic rings. The topological polar surface area (TPSA) is 70.2 Å². The summed E-state index contributed by atoms with van der Waals surface area (Å²) in [5, 5.41) is 7.93. The highest BCUT2D eigenvalue weighted by Crippen LogP contribution is 2.24. The second kappa shape index (κ2) is 5.64. The first-order valence-electron chi connectivity index (χ1n) is 6.04. The average Bonchev–Trinajstić information content (AvgIpc) is 3.20. The normalized spacial score (nSPS) is 15.8. The smallest absolute Gasteiger partial charge is 0.321 e. The van der Waals surface area contributed by atoms with Crippen LogP contribution < -0.4 is 16.0 Å². The Morgan fingerprint density at radius 2 is 1.89 bits per heavy atom. The molecule has 5 nitrogen and oxygen atoms in total. The van der Waals surface area contributed by atoms with Crippen molar-refractivity contribution in [2.24, 2.45) is 0 Å². The molecule has 1 aliphatic rings. The van der Waals surface area contributed by atoms with Gasteiger partial charge < -0.3 is 5.32 Å². The van der Waals surface area contributed by atoms with Crippen molar-refractivity contribution in [3.63, 3.8) is 0 Å². The summed E-state index contributed by atoms with van der Waals surface area (Å²) in [5.41, 5.74) is 0.866. The van der Waals surface area contributed by atoms with Gasteiger partial charge >= 0.3 is 6.03 Å². The van der Waals surface area contributed by atoms with Crippen molar-refractivity contribution < 1.29 is 9.59 Å². The summed E-state index contributed by atoms with van der Waals surface area (Å²) in [4.78, 5) is 23.2. The van der Waals surface area contributed by atoms with Crippen molar-refractivity contribution in [1.82, 2.24) is 16.0 Å². The van der Waals surface area contributed by atoms with E-state index in [2.05, 4.69) is 16.0 Å². The first-order chi connectivity index (χ1) is 8.70. The van der Waals surface area contributed by atoms with Crippen LogP contribution in [0.4, 0.5) is 4.79 Å². The maximum atomic E-state index is 12.0. The zero-order valence-corrected chi connectivity index (χ0v) is 10.3. The zero-order valence-electron chi connectivity index (χ0n) is 10.3. The van der Waals surface area contributed by atoms with Crippen LogP contribution in [0.15, 0.2) is 30.3 Å². The molecule has 96 valence electrons. The summed E-state index contributed by atoms with van der Waals surface area (Å²) in [6, 6.07) is 8.83. The Morgan fingerprint density at radius 1 is 1.22 bits per heavy atom. The lowest BCUT2D eigenvalue weighted by atomic mass is 10.1. The molecule has 0 aliphatic heterocycles. The standard InChI is InChI=1S/C13H17N3O2/c1-14-13(18)16-12(17)11(15-10-7-8-10)9-5-3-2-4-6-9/h2-6,10-11,15H,7-8H2,1H3,(H2,14,16,17,18)/t11-/m0/s1. The Kier molecular flexibility index (Phi) is 3.94. The molecular weight excluding hydrogens is 230 g/mol. The molecule has 1 saturated carbocycles. The van der Waals surface area contributed by atoms with E-state index in [1.54, 1.807) is 0 Å². The molecule has 1 fully saturated rings. The third-order valence-electron chi connectivity index (χ3n) is 2.84. The van der Waals surface area contributed by atoms with Gasteiger partial charge in [-0.1, -0.05) is 30.3 Å². The first kappa shape index (κ1) is 12.6. The van der Waals surface area contributed by atoms with Crippen molar-refractivity contribution in [1.29, 1.82) is 0 Å². The van der Waals surface area contributed by atoms with Crippen LogP contribution in [0.3, 0.4) is 0 Å². The molecule has 1 aromatic carbocycles. The van der Waals surface area contributed by atoms with Crippen molar-refractivity contribution in [2.45, 2.75) is 24.9 Å². The summed E-state index contributed by atoms with van der Waals surface area (Å²) < 4.78 is 0. The molecule has 2 rings (SSSR count). The zero-order chi connectivity index (χ0) is 13.0. The SMILES string of the molecule is CNC(=O)NC(=O)[C@@H](NC1CC1)c1ccccc1. The van der Waals surface area contributed by atoms with E-state index in [0.717, 1.165) is 18.4 Å². The molecule has 0 radical (unpaired) electrons. The summed E-state index contributed by atoms with van der Waals surface area (Å²) in [6.45, 7) is 0. The van der Waals surface area contributed by atoms with E-state index in [0.29, 0.717) is 6.04 Å². The van der Waals surface area contributed by atoms with Crippen LogP contribution in [0, 0.1) is 0 Å². The van der Waals surface area contributed by atoms with Crippen LogP contribution in [-0.2, 0) is 4.79 Å². The molecule has 1 aliphatic carbocycles. The van der Waals surface area contributed by atoms with Gasteiger partial charge in [0.25, 0.3) is 0 Å². The van der Waals surface area contributed by atoms with Gasteiger partial charge in [0.2, 0.25) is 5.91 Å². The molecule has 1 atom stereocenters. The number of hydrogen-bond donors (Lipinski definition) is 3. The van der Waals surface area contributed by atoms with Gasteiger partial charge in [0.1, 0.15) is 6.04 Å². The van der Waals surface area contributed by atoms with Gasteiger partial charge in [0.15, 0.2) is 0 Å². The number of imide groups is 1. The lowest BCUT2D eigenvalue weighted by Gasteiger charge is -2.17. The Labute approximate surface area is 106 Å². The number of hydrogen-bond acceptors (Lipinski definition) is 3. The molecule has 5 heteroatoms. The van der Waals surface area contributed by atoms with Crippen LogP contribution in [0.1, 0.15) is 24.4 Å². The second-order valence-corrected chi connectivity index (χ2v) is 4.35. The van der Waals surface area contributed by atoms with Gasteiger partial charge in [-0.2, -0.15) is 0 Å². The minimum Gasteiger partial charge on any atom is -0.341 e. The molecule has 0 bridgehead atoms. The molecule has 3 N–H and O–H groups in total. The fourth-order valence-electron chi connectivity index (χ4n) is 1.70. The van der Waals surface area contributed by atoms with Crippen LogP contribution >= 0.6 is 0 Å². The summed E-state index contributed by atoms with van der Waals surface area (Å²) in [5.74, 6) is -0.326. The highest BCUT2D eigenvalue weighted by atomic mass is 16.2. The molecule has 0 aromatic heterocycles. The van der Waals surface area contributed by atoms with Crippen molar-refractivity contribution >= 4 is 11.9 Å².